The molecule has 1 aromatic heterocycles. The smallest absolute Gasteiger partial charge is 0.0375 e. The van der Waals surface area contributed by atoms with Gasteiger partial charge in [0.2, 0.25) is 0 Å². The van der Waals surface area contributed by atoms with Gasteiger partial charge in [0.25, 0.3) is 0 Å². The number of hydrogen-bond donors (Lipinski definition) is 1. The Labute approximate surface area is 74.0 Å². The van der Waals surface area contributed by atoms with Crippen LogP contribution in [-0.2, 0) is 6.54 Å². The summed E-state index contributed by atoms with van der Waals surface area (Å²) in [6.45, 7) is 6.23. The van der Waals surface area contributed by atoms with Crippen LogP contribution in [0, 0.1) is 6.92 Å². The van der Waals surface area contributed by atoms with Gasteiger partial charge in [-0.1, -0.05) is 6.92 Å². The SMILES string of the molecule is CCCNCc1ccnc(C)c1. The highest BCUT2D eigenvalue weighted by Crippen LogP contribution is 1.99. The number of hydrogen-bond acceptors (Lipinski definition) is 2. The van der Waals surface area contributed by atoms with Crippen molar-refractivity contribution in [3.63, 3.8) is 0 Å². The summed E-state index contributed by atoms with van der Waals surface area (Å²) in [5.74, 6) is 0. The second-order valence-electron chi connectivity index (χ2n) is 2.98. The van der Waals surface area contributed by atoms with Crippen LogP contribution in [0.5, 0.6) is 0 Å². The summed E-state index contributed by atoms with van der Waals surface area (Å²) in [6, 6.07) is 4.16. The third-order valence-electron chi connectivity index (χ3n) is 1.72. The highest BCUT2D eigenvalue weighted by atomic mass is 14.8. The molecule has 0 saturated carbocycles. The van der Waals surface area contributed by atoms with E-state index in [1.165, 1.54) is 12.0 Å². The minimum atomic E-state index is 0.956. The van der Waals surface area contributed by atoms with E-state index in [0.29, 0.717) is 0 Å². The zero-order chi connectivity index (χ0) is 8.81. The normalized spacial score (nSPS) is 10.2. The van der Waals surface area contributed by atoms with Gasteiger partial charge in [0.05, 0.1) is 0 Å². The Balaban J connectivity index is 2.41. The second-order valence-corrected chi connectivity index (χ2v) is 2.98. The van der Waals surface area contributed by atoms with Gasteiger partial charge >= 0.3 is 0 Å². The van der Waals surface area contributed by atoms with E-state index in [1.54, 1.807) is 0 Å². The van der Waals surface area contributed by atoms with Gasteiger partial charge in [-0.3, -0.25) is 4.98 Å². The van der Waals surface area contributed by atoms with Gasteiger partial charge in [0, 0.05) is 18.4 Å². The van der Waals surface area contributed by atoms with Crippen molar-refractivity contribution in [1.29, 1.82) is 0 Å². The van der Waals surface area contributed by atoms with Gasteiger partial charge in [-0.2, -0.15) is 0 Å². The number of nitrogens with zero attached hydrogens (tertiary/aromatic N) is 1. The van der Waals surface area contributed by atoms with E-state index in [-0.39, 0.29) is 0 Å². The van der Waals surface area contributed by atoms with Gasteiger partial charge < -0.3 is 5.32 Å². The van der Waals surface area contributed by atoms with E-state index >= 15 is 0 Å². The molecule has 0 spiro atoms. The summed E-state index contributed by atoms with van der Waals surface area (Å²) < 4.78 is 0. The molecule has 0 bridgehead atoms. The van der Waals surface area contributed by atoms with Crippen LogP contribution < -0.4 is 5.32 Å². The molecule has 1 N–H and O–H groups in total. The summed E-state index contributed by atoms with van der Waals surface area (Å²) >= 11 is 0. The monoisotopic (exact) mass is 164 g/mol. The first-order valence-electron chi connectivity index (χ1n) is 4.45. The topological polar surface area (TPSA) is 24.9 Å². The molecule has 0 radical (unpaired) electrons. The molecule has 0 aliphatic carbocycles. The Bertz CT molecular complexity index is 233. The Hall–Kier alpha value is -0.890. The van der Waals surface area contributed by atoms with E-state index in [4.69, 9.17) is 0 Å². The molecule has 2 heteroatoms. The van der Waals surface area contributed by atoms with Crippen molar-refractivity contribution in [3.8, 4) is 0 Å². The van der Waals surface area contributed by atoms with E-state index in [9.17, 15) is 0 Å². The number of aryl methyl sites for hydroxylation is 1. The molecular weight excluding hydrogens is 148 g/mol. The standard InChI is InChI=1S/C10H16N2/c1-3-5-11-8-10-4-6-12-9(2)7-10/h4,6-7,11H,3,5,8H2,1-2H3. The largest absolute Gasteiger partial charge is 0.313 e. The van der Waals surface area contributed by atoms with Crippen LogP contribution in [0.4, 0.5) is 0 Å². The number of aromatic nitrogens is 1. The zero-order valence-corrected chi connectivity index (χ0v) is 7.80. The minimum absolute atomic E-state index is 0.956. The van der Waals surface area contributed by atoms with Crippen molar-refractivity contribution >= 4 is 0 Å². The van der Waals surface area contributed by atoms with Crippen LogP contribution in [0.3, 0.4) is 0 Å². The lowest BCUT2D eigenvalue weighted by Gasteiger charge is -2.02. The molecule has 1 rings (SSSR count). The second kappa shape index (κ2) is 4.88. The van der Waals surface area contributed by atoms with Crippen LogP contribution >= 0.6 is 0 Å². The molecule has 1 heterocycles. The van der Waals surface area contributed by atoms with Gasteiger partial charge in [-0.25, -0.2) is 0 Å². The third kappa shape index (κ3) is 3.01. The first-order chi connectivity index (χ1) is 5.83. The van der Waals surface area contributed by atoms with Gasteiger partial charge in [0.15, 0.2) is 0 Å². The Morgan fingerprint density at radius 1 is 1.50 bits per heavy atom. The fourth-order valence-electron chi connectivity index (χ4n) is 1.12. The van der Waals surface area contributed by atoms with Crippen molar-refractivity contribution < 1.29 is 0 Å². The van der Waals surface area contributed by atoms with Gasteiger partial charge in [-0.15, -0.1) is 0 Å². The Morgan fingerprint density at radius 3 is 3.00 bits per heavy atom. The van der Waals surface area contributed by atoms with E-state index in [1.807, 2.05) is 13.1 Å². The van der Waals surface area contributed by atoms with E-state index in [2.05, 4.69) is 29.4 Å². The average Bonchev–Trinajstić information content (AvgIpc) is 2.05. The van der Waals surface area contributed by atoms with Crippen molar-refractivity contribution in [2.75, 3.05) is 6.54 Å². The van der Waals surface area contributed by atoms with Crippen molar-refractivity contribution in [2.45, 2.75) is 26.8 Å². The van der Waals surface area contributed by atoms with Gasteiger partial charge in [-0.05, 0) is 37.6 Å². The van der Waals surface area contributed by atoms with Gasteiger partial charge in [0.1, 0.15) is 0 Å². The lowest BCUT2D eigenvalue weighted by Crippen LogP contribution is -2.13. The molecule has 12 heavy (non-hydrogen) atoms. The molecular formula is C10H16N2. The predicted octanol–water partition coefficient (Wildman–Crippen LogP) is 1.89. The molecule has 0 aliphatic rings. The molecule has 0 aromatic carbocycles. The average molecular weight is 164 g/mol. The maximum absolute atomic E-state index is 4.14. The number of rotatable bonds is 4. The summed E-state index contributed by atoms with van der Waals surface area (Å²) in [6.07, 6.45) is 3.04. The highest BCUT2D eigenvalue weighted by Gasteiger charge is 1.91. The van der Waals surface area contributed by atoms with E-state index in [0.717, 1.165) is 18.8 Å². The molecule has 0 unspecified atom stereocenters. The van der Waals surface area contributed by atoms with Crippen molar-refractivity contribution in [1.82, 2.24) is 10.3 Å². The fourth-order valence-corrected chi connectivity index (χ4v) is 1.12. The molecule has 1 aromatic rings. The lowest BCUT2D eigenvalue weighted by atomic mass is 10.2. The van der Waals surface area contributed by atoms with Crippen LogP contribution in [0.15, 0.2) is 18.3 Å². The molecule has 0 atom stereocenters. The predicted molar refractivity (Wildman–Crippen MR) is 51.0 cm³/mol. The number of nitrogens with one attached hydrogen (secondary N) is 1. The van der Waals surface area contributed by atoms with Crippen LogP contribution in [-0.4, -0.2) is 11.5 Å². The van der Waals surface area contributed by atoms with Crippen LogP contribution in [0.1, 0.15) is 24.6 Å². The van der Waals surface area contributed by atoms with Crippen molar-refractivity contribution in [3.05, 3.63) is 29.6 Å². The molecule has 0 fully saturated rings. The third-order valence-corrected chi connectivity index (χ3v) is 1.72. The quantitative estimate of drug-likeness (QED) is 0.687. The van der Waals surface area contributed by atoms with E-state index < -0.39 is 0 Å². The molecule has 0 aliphatic heterocycles. The summed E-state index contributed by atoms with van der Waals surface area (Å²) in [7, 11) is 0. The first-order valence-corrected chi connectivity index (χ1v) is 4.45. The summed E-state index contributed by atoms with van der Waals surface area (Å²) in [5, 5.41) is 3.35. The molecule has 2 nitrogen and oxygen atoms in total. The maximum atomic E-state index is 4.14. The minimum Gasteiger partial charge on any atom is -0.313 e. The van der Waals surface area contributed by atoms with Crippen LogP contribution in [0.25, 0.3) is 0 Å². The summed E-state index contributed by atoms with van der Waals surface area (Å²) in [4.78, 5) is 4.14. The zero-order valence-electron chi connectivity index (χ0n) is 7.80. The summed E-state index contributed by atoms with van der Waals surface area (Å²) in [5.41, 5.74) is 2.40. The Kier molecular flexibility index (Phi) is 3.74. The fraction of sp³-hybridized carbons (Fsp3) is 0.500. The number of pyridine rings is 1. The highest BCUT2D eigenvalue weighted by molar-refractivity contribution is 5.14. The first kappa shape index (κ1) is 9.20. The van der Waals surface area contributed by atoms with Crippen LogP contribution in [0.2, 0.25) is 0 Å². The molecule has 0 saturated heterocycles. The van der Waals surface area contributed by atoms with Crippen molar-refractivity contribution in [2.24, 2.45) is 0 Å². The maximum Gasteiger partial charge on any atom is 0.0375 e. The Morgan fingerprint density at radius 2 is 2.33 bits per heavy atom. The molecule has 0 amide bonds. The molecule has 66 valence electrons. The lowest BCUT2D eigenvalue weighted by molar-refractivity contribution is 0.674.